The third-order valence-electron chi connectivity index (χ3n) is 4.81. The number of halogens is 2. The molecule has 4 heterocycles. The summed E-state index contributed by atoms with van der Waals surface area (Å²) in [6.07, 6.45) is 2.43. The van der Waals surface area contributed by atoms with Crippen molar-refractivity contribution in [3.63, 3.8) is 0 Å². The Labute approximate surface area is 171 Å². The number of anilines is 1. The second kappa shape index (κ2) is 8.70. The van der Waals surface area contributed by atoms with E-state index in [2.05, 4.69) is 20.3 Å². The molecule has 3 aromatic heterocycles. The molecule has 30 heavy (non-hydrogen) atoms. The van der Waals surface area contributed by atoms with Crippen molar-refractivity contribution in [3.8, 4) is 5.88 Å². The average molecular weight is 417 g/mol. The Kier molecular flexibility index (Phi) is 5.84. The summed E-state index contributed by atoms with van der Waals surface area (Å²) in [5.74, 6) is -0.0614. The van der Waals surface area contributed by atoms with Gasteiger partial charge in [-0.3, -0.25) is 9.20 Å². The van der Waals surface area contributed by atoms with Crippen LogP contribution in [-0.2, 0) is 4.74 Å². The molecule has 1 aliphatic rings. The predicted octanol–water partition coefficient (Wildman–Crippen LogP) is 3.61. The Hall–Kier alpha value is -3.14. The fourth-order valence-electron chi connectivity index (χ4n) is 3.35. The molecule has 0 aliphatic carbocycles. The van der Waals surface area contributed by atoms with Crippen LogP contribution in [0.25, 0.3) is 5.65 Å². The van der Waals surface area contributed by atoms with Crippen LogP contribution in [0.2, 0.25) is 0 Å². The molecule has 0 saturated carbocycles. The number of hydrogen-bond donors (Lipinski definition) is 1. The van der Waals surface area contributed by atoms with Crippen molar-refractivity contribution in [2.24, 2.45) is 0 Å². The number of fused-ring (bicyclic) bond motifs is 1. The van der Waals surface area contributed by atoms with Crippen molar-refractivity contribution in [3.05, 3.63) is 47.7 Å². The molecular weight excluding hydrogens is 396 g/mol. The number of carbonyl (C=O) groups excluding carboxylic acids is 1. The van der Waals surface area contributed by atoms with E-state index in [1.165, 1.54) is 18.2 Å². The number of nitrogens with one attached hydrogen (secondary N) is 1. The molecule has 4 rings (SSSR count). The van der Waals surface area contributed by atoms with E-state index in [0.29, 0.717) is 25.5 Å². The number of nitrogens with zero attached hydrogens (tertiary/aromatic N) is 4. The Morgan fingerprint density at radius 1 is 1.27 bits per heavy atom. The first-order valence-corrected chi connectivity index (χ1v) is 9.71. The van der Waals surface area contributed by atoms with E-state index in [1.807, 2.05) is 13.1 Å². The number of carbonyl (C=O) groups is 1. The molecule has 1 N–H and O–H groups in total. The number of hydrogen-bond acceptors (Lipinski definition) is 6. The van der Waals surface area contributed by atoms with E-state index >= 15 is 0 Å². The lowest BCUT2D eigenvalue weighted by Crippen LogP contribution is -2.16. The standard InChI is InChI=1S/C20H21F2N5O3/c1-2-30-20-18-24-14(12-6-8-29-9-7-12)10-27(18)11-15(25-20)19(28)26-16-5-3-4-13(23-16)17(21)22/h3-5,10-12,17H,2,6-9H2,1H3,(H,23,26,28). The molecule has 1 aliphatic heterocycles. The van der Waals surface area contributed by atoms with E-state index in [9.17, 15) is 13.6 Å². The summed E-state index contributed by atoms with van der Waals surface area (Å²) in [6, 6.07) is 4.04. The van der Waals surface area contributed by atoms with Gasteiger partial charge in [-0.05, 0) is 31.9 Å². The zero-order valence-corrected chi connectivity index (χ0v) is 16.3. The Morgan fingerprint density at radius 3 is 2.80 bits per heavy atom. The largest absolute Gasteiger partial charge is 0.475 e. The molecule has 0 radical (unpaired) electrons. The molecular formula is C20H21F2N5O3. The Balaban J connectivity index is 1.64. The van der Waals surface area contributed by atoms with Gasteiger partial charge in [-0.25, -0.2) is 23.7 Å². The number of amides is 1. The molecule has 3 aromatic rings. The first kappa shape index (κ1) is 20.1. The highest BCUT2D eigenvalue weighted by Gasteiger charge is 2.22. The molecule has 0 spiro atoms. The van der Waals surface area contributed by atoms with Crippen molar-refractivity contribution in [2.45, 2.75) is 32.1 Å². The molecule has 1 saturated heterocycles. The van der Waals surface area contributed by atoms with Crippen LogP contribution in [-0.4, -0.2) is 45.1 Å². The van der Waals surface area contributed by atoms with Crippen molar-refractivity contribution in [2.75, 3.05) is 25.1 Å². The molecule has 1 amide bonds. The number of imidazole rings is 1. The first-order valence-electron chi connectivity index (χ1n) is 9.71. The lowest BCUT2D eigenvalue weighted by atomic mass is 9.97. The minimum absolute atomic E-state index is 0.0196. The van der Waals surface area contributed by atoms with E-state index in [-0.39, 0.29) is 23.3 Å². The highest BCUT2D eigenvalue weighted by Crippen LogP contribution is 2.28. The van der Waals surface area contributed by atoms with Gasteiger partial charge in [-0.2, -0.15) is 0 Å². The van der Waals surface area contributed by atoms with Crippen LogP contribution in [0.5, 0.6) is 5.88 Å². The third kappa shape index (κ3) is 4.23. The van der Waals surface area contributed by atoms with Crippen LogP contribution in [0, 0.1) is 0 Å². The summed E-state index contributed by atoms with van der Waals surface area (Å²) in [5, 5.41) is 2.51. The van der Waals surface area contributed by atoms with Crippen molar-refractivity contribution in [1.29, 1.82) is 0 Å². The zero-order valence-electron chi connectivity index (χ0n) is 16.3. The Bertz CT molecular complexity index is 1050. The van der Waals surface area contributed by atoms with Crippen molar-refractivity contribution < 1.29 is 23.0 Å². The normalized spacial score (nSPS) is 14.9. The summed E-state index contributed by atoms with van der Waals surface area (Å²) in [6.45, 7) is 3.54. The van der Waals surface area contributed by atoms with Crippen LogP contribution in [0.15, 0.2) is 30.6 Å². The highest BCUT2D eigenvalue weighted by molar-refractivity contribution is 6.02. The van der Waals surface area contributed by atoms with Crippen molar-refractivity contribution >= 4 is 17.4 Å². The van der Waals surface area contributed by atoms with Crippen LogP contribution in [0.1, 0.15) is 54.0 Å². The smallest absolute Gasteiger partial charge is 0.280 e. The molecule has 0 atom stereocenters. The van der Waals surface area contributed by atoms with Crippen LogP contribution in [0.3, 0.4) is 0 Å². The molecule has 0 aromatic carbocycles. The van der Waals surface area contributed by atoms with E-state index in [1.54, 1.807) is 10.6 Å². The number of aromatic nitrogens is 4. The molecule has 158 valence electrons. The highest BCUT2D eigenvalue weighted by atomic mass is 19.3. The minimum atomic E-state index is -2.73. The second-order valence-corrected chi connectivity index (χ2v) is 6.85. The Morgan fingerprint density at radius 2 is 2.07 bits per heavy atom. The maximum Gasteiger partial charge on any atom is 0.280 e. The number of rotatable bonds is 6. The van der Waals surface area contributed by atoms with Gasteiger partial charge in [0, 0.05) is 31.5 Å². The monoisotopic (exact) mass is 417 g/mol. The van der Waals surface area contributed by atoms with Crippen molar-refractivity contribution in [1.82, 2.24) is 19.4 Å². The molecule has 0 unspecified atom stereocenters. The molecule has 0 bridgehead atoms. The van der Waals surface area contributed by atoms with Gasteiger partial charge in [0.15, 0.2) is 0 Å². The van der Waals surface area contributed by atoms with Gasteiger partial charge in [0.1, 0.15) is 17.2 Å². The maximum atomic E-state index is 12.9. The maximum absolute atomic E-state index is 12.9. The summed E-state index contributed by atoms with van der Waals surface area (Å²) in [7, 11) is 0. The summed E-state index contributed by atoms with van der Waals surface area (Å²) in [4.78, 5) is 25.4. The summed E-state index contributed by atoms with van der Waals surface area (Å²) in [5.41, 5.74) is 1.06. The van der Waals surface area contributed by atoms with Gasteiger partial charge in [0.05, 0.1) is 12.3 Å². The fraction of sp³-hybridized carbons (Fsp3) is 0.400. The number of pyridine rings is 1. The minimum Gasteiger partial charge on any atom is -0.475 e. The molecule has 10 heteroatoms. The third-order valence-corrected chi connectivity index (χ3v) is 4.81. The summed E-state index contributed by atoms with van der Waals surface area (Å²) >= 11 is 0. The lowest BCUT2D eigenvalue weighted by Gasteiger charge is -2.19. The van der Waals surface area contributed by atoms with Gasteiger partial charge in [-0.15, -0.1) is 0 Å². The van der Waals surface area contributed by atoms with Crippen LogP contribution < -0.4 is 10.1 Å². The summed E-state index contributed by atoms with van der Waals surface area (Å²) < 4.78 is 38.4. The molecule has 8 nitrogen and oxygen atoms in total. The van der Waals surface area contributed by atoms with Crippen LogP contribution in [0.4, 0.5) is 14.6 Å². The zero-order chi connectivity index (χ0) is 21.1. The number of alkyl halides is 2. The number of ether oxygens (including phenoxy) is 2. The lowest BCUT2D eigenvalue weighted by molar-refractivity contribution is 0.0846. The van der Waals surface area contributed by atoms with Gasteiger partial charge in [0.2, 0.25) is 5.65 Å². The van der Waals surface area contributed by atoms with E-state index in [0.717, 1.165) is 18.5 Å². The molecule has 1 fully saturated rings. The van der Waals surface area contributed by atoms with Crippen LogP contribution >= 0.6 is 0 Å². The van der Waals surface area contributed by atoms with Gasteiger partial charge >= 0.3 is 0 Å². The van der Waals surface area contributed by atoms with Gasteiger partial charge in [0.25, 0.3) is 18.2 Å². The second-order valence-electron chi connectivity index (χ2n) is 6.85. The topological polar surface area (TPSA) is 90.6 Å². The fourth-order valence-corrected chi connectivity index (χ4v) is 3.35. The van der Waals surface area contributed by atoms with Gasteiger partial charge in [-0.1, -0.05) is 6.07 Å². The quantitative estimate of drug-likeness (QED) is 0.659. The average Bonchev–Trinajstić information content (AvgIpc) is 3.19. The SMILES string of the molecule is CCOc1nc(C(=O)Nc2cccc(C(F)F)n2)cn2cc(C3CCOCC3)nc12. The van der Waals surface area contributed by atoms with E-state index < -0.39 is 18.0 Å². The predicted molar refractivity (Wildman–Crippen MR) is 104 cm³/mol. The first-order chi connectivity index (χ1) is 14.5. The van der Waals surface area contributed by atoms with E-state index in [4.69, 9.17) is 9.47 Å². The van der Waals surface area contributed by atoms with Gasteiger partial charge < -0.3 is 14.8 Å².